The largest absolute Gasteiger partial charge is 0.495 e. The summed E-state index contributed by atoms with van der Waals surface area (Å²) in [6, 6.07) is 0. The molecule has 0 aromatic rings. The molecular weight excluding hydrogens is 172 g/mol. The van der Waals surface area contributed by atoms with Crippen molar-refractivity contribution in [3.63, 3.8) is 0 Å². The third kappa shape index (κ3) is 1.27. The van der Waals surface area contributed by atoms with Crippen LogP contribution in [0.4, 0.5) is 0 Å². The van der Waals surface area contributed by atoms with Crippen molar-refractivity contribution in [3.8, 4) is 0 Å². The highest BCUT2D eigenvalue weighted by Gasteiger charge is 2.32. The number of allylic oxidation sites excluding steroid dienone is 3. The molecule has 0 N–H and O–H groups in total. The summed E-state index contributed by atoms with van der Waals surface area (Å²) in [4.78, 5) is 0. The summed E-state index contributed by atoms with van der Waals surface area (Å²) in [5, 5.41) is 0.749. The number of hydrogen-bond donors (Lipinski definition) is 0. The average molecular weight is 187 g/mol. The quantitative estimate of drug-likeness (QED) is 0.642. The summed E-state index contributed by atoms with van der Waals surface area (Å²) in [7, 11) is 1.66. The normalized spacial score (nSPS) is 29.2. The molecule has 1 nitrogen and oxygen atoms in total. The zero-order valence-corrected chi connectivity index (χ0v) is 8.83. The standard InChI is InChI=1S/C10H15ClO/c1-5-10(3)6-8(11)9(12-4)7(10)2/h6H,5H2,1-4H3/t10-/m0/s1. The highest BCUT2D eigenvalue weighted by molar-refractivity contribution is 6.32. The predicted octanol–water partition coefficient (Wildman–Crippen LogP) is 3.46. The molecule has 0 amide bonds. The summed E-state index contributed by atoms with van der Waals surface area (Å²) < 4.78 is 5.21. The molecule has 1 aliphatic carbocycles. The number of halogens is 1. The van der Waals surface area contributed by atoms with E-state index >= 15 is 0 Å². The Morgan fingerprint density at radius 2 is 2.17 bits per heavy atom. The van der Waals surface area contributed by atoms with Gasteiger partial charge in [-0.25, -0.2) is 0 Å². The Kier molecular flexibility index (Phi) is 2.52. The van der Waals surface area contributed by atoms with Gasteiger partial charge in [0, 0.05) is 5.41 Å². The Hall–Kier alpha value is -0.430. The lowest BCUT2D eigenvalue weighted by atomic mass is 9.83. The number of ether oxygens (including phenoxy) is 1. The maximum absolute atomic E-state index is 6.01. The molecule has 0 saturated carbocycles. The van der Waals surface area contributed by atoms with Gasteiger partial charge >= 0.3 is 0 Å². The van der Waals surface area contributed by atoms with Crippen molar-refractivity contribution in [1.82, 2.24) is 0 Å². The topological polar surface area (TPSA) is 9.23 Å². The minimum absolute atomic E-state index is 0.0996. The lowest BCUT2D eigenvalue weighted by Gasteiger charge is -2.21. The number of rotatable bonds is 2. The van der Waals surface area contributed by atoms with Crippen molar-refractivity contribution in [2.45, 2.75) is 27.2 Å². The molecule has 0 unspecified atom stereocenters. The second-order valence-electron chi connectivity index (χ2n) is 3.42. The van der Waals surface area contributed by atoms with Crippen molar-refractivity contribution in [2.24, 2.45) is 5.41 Å². The van der Waals surface area contributed by atoms with Crippen molar-refractivity contribution >= 4 is 11.6 Å². The van der Waals surface area contributed by atoms with E-state index in [9.17, 15) is 0 Å². The smallest absolute Gasteiger partial charge is 0.136 e. The van der Waals surface area contributed by atoms with E-state index in [1.807, 2.05) is 0 Å². The fourth-order valence-corrected chi connectivity index (χ4v) is 1.97. The van der Waals surface area contributed by atoms with Crippen molar-refractivity contribution in [1.29, 1.82) is 0 Å². The third-order valence-electron chi connectivity index (χ3n) is 2.80. The summed E-state index contributed by atoms with van der Waals surface area (Å²) in [5.41, 5.74) is 1.33. The van der Waals surface area contributed by atoms with Gasteiger partial charge in [0.1, 0.15) is 5.76 Å². The fourth-order valence-electron chi connectivity index (χ4n) is 1.51. The van der Waals surface area contributed by atoms with Gasteiger partial charge in [0.15, 0.2) is 0 Å². The van der Waals surface area contributed by atoms with Crippen molar-refractivity contribution in [2.75, 3.05) is 7.11 Å². The fraction of sp³-hybridized carbons (Fsp3) is 0.600. The number of methoxy groups -OCH3 is 1. The van der Waals surface area contributed by atoms with Crippen LogP contribution in [0.25, 0.3) is 0 Å². The molecule has 0 aromatic carbocycles. The van der Waals surface area contributed by atoms with Crippen molar-refractivity contribution < 1.29 is 4.74 Å². The van der Waals surface area contributed by atoms with Gasteiger partial charge in [-0.2, -0.15) is 0 Å². The molecule has 1 aliphatic rings. The predicted molar refractivity (Wildman–Crippen MR) is 52.0 cm³/mol. The molecule has 68 valence electrons. The Morgan fingerprint density at radius 1 is 1.58 bits per heavy atom. The Bertz CT molecular complexity index is 253. The molecule has 0 saturated heterocycles. The summed E-state index contributed by atoms with van der Waals surface area (Å²) in [5.74, 6) is 0.848. The Labute approximate surface area is 79.1 Å². The van der Waals surface area contributed by atoms with E-state index in [-0.39, 0.29) is 5.41 Å². The SMILES string of the molecule is CC[C@@]1(C)C=C(Cl)C(OC)=C1C. The average Bonchev–Trinajstić information content (AvgIpc) is 2.25. The molecule has 0 spiro atoms. The van der Waals surface area contributed by atoms with Crippen LogP contribution in [-0.2, 0) is 4.74 Å². The Balaban J connectivity index is 3.09. The maximum atomic E-state index is 6.01. The third-order valence-corrected chi connectivity index (χ3v) is 3.08. The van der Waals surface area contributed by atoms with E-state index in [1.165, 1.54) is 5.57 Å². The molecule has 0 heterocycles. The van der Waals surface area contributed by atoms with E-state index in [2.05, 4.69) is 26.8 Å². The molecule has 12 heavy (non-hydrogen) atoms. The van der Waals surface area contributed by atoms with E-state index in [4.69, 9.17) is 16.3 Å². The Morgan fingerprint density at radius 3 is 2.42 bits per heavy atom. The molecule has 0 radical (unpaired) electrons. The first-order valence-corrected chi connectivity index (χ1v) is 4.57. The monoisotopic (exact) mass is 186 g/mol. The molecule has 0 aliphatic heterocycles. The van der Waals surface area contributed by atoms with E-state index in [1.54, 1.807) is 7.11 Å². The molecule has 0 aromatic heterocycles. The maximum Gasteiger partial charge on any atom is 0.136 e. The van der Waals surface area contributed by atoms with Gasteiger partial charge in [-0.15, -0.1) is 0 Å². The van der Waals surface area contributed by atoms with E-state index in [0.717, 1.165) is 17.2 Å². The van der Waals surface area contributed by atoms with Crippen LogP contribution < -0.4 is 0 Å². The first-order valence-electron chi connectivity index (χ1n) is 4.19. The molecule has 0 fully saturated rings. The first-order chi connectivity index (χ1) is 5.55. The highest BCUT2D eigenvalue weighted by atomic mass is 35.5. The van der Waals surface area contributed by atoms with Crippen LogP contribution in [0.1, 0.15) is 27.2 Å². The van der Waals surface area contributed by atoms with Crippen LogP contribution in [0.3, 0.4) is 0 Å². The van der Waals surface area contributed by atoms with Crippen LogP contribution in [0.2, 0.25) is 0 Å². The molecule has 1 atom stereocenters. The van der Waals surface area contributed by atoms with Gasteiger partial charge in [-0.05, 0) is 18.9 Å². The second-order valence-corrected chi connectivity index (χ2v) is 3.83. The molecule has 0 bridgehead atoms. The van der Waals surface area contributed by atoms with Gasteiger partial charge < -0.3 is 4.74 Å². The van der Waals surface area contributed by atoms with Crippen molar-refractivity contribution in [3.05, 3.63) is 22.4 Å². The number of hydrogen-bond acceptors (Lipinski definition) is 1. The molecule has 2 heteroatoms. The van der Waals surface area contributed by atoms with E-state index < -0.39 is 0 Å². The second kappa shape index (κ2) is 3.14. The minimum Gasteiger partial charge on any atom is -0.495 e. The van der Waals surface area contributed by atoms with Crippen LogP contribution in [-0.4, -0.2) is 7.11 Å². The van der Waals surface area contributed by atoms with Gasteiger partial charge in [0.05, 0.1) is 12.1 Å². The van der Waals surface area contributed by atoms with Gasteiger partial charge in [0.25, 0.3) is 0 Å². The minimum atomic E-state index is 0.0996. The zero-order chi connectivity index (χ0) is 9.35. The van der Waals surface area contributed by atoms with Crippen LogP contribution in [0.15, 0.2) is 22.4 Å². The summed E-state index contributed by atoms with van der Waals surface area (Å²) in [6.07, 6.45) is 3.13. The van der Waals surface area contributed by atoms with E-state index in [0.29, 0.717) is 0 Å². The lowest BCUT2D eigenvalue weighted by molar-refractivity contribution is 0.296. The first kappa shape index (κ1) is 9.66. The van der Waals surface area contributed by atoms with Crippen LogP contribution >= 0.6 is 11.6 Å². The molecule has 1 rings (SSSR count). The summed E-state index contributed by atoms with van der Waals surface area (Å²) >= 11 is 6.01. The molecular formula is C10H15ClO. The summed E-state index contributed by atoms with van der Waals surface area (Å²) in [6.45, 7) is 6.41. The van der Waals surface area contributed by atoms with Gasteiger partial charge in [-0.1, -0.05) is 31.5 Å². The van der Waals surface area contributed by atoms with Gasteiger partial charge in [0.2, 0.25) is 0 Å². The van der Waals surface area contributed by atoms with Crippen LogP contribution in [0, 0.1) is 5.41 Å². The zero-order valence-electron chi connectivity index (χ0n) is 8.07. The van der Waals surface area contributed by atoms with Crippen LogP contribution in [0.5, 0.6) is 0 Å². The highest BCUT2D eigenvalue weighted by Crippen LogP contribution is 2.44. The lowest BCUT2D eigenvalue weighted by Crippen LogP contribution is -2.10. The van der Waals surface area contributed by atoms with Gasteiger partial charge in [-0.3, -0.25) is 0 Å².